The fourth-order valence-electron chi connectivity index (χ4n) is 2.54. The largest absolute Gasteiger partial charge is 0.389 e. The molecular formula is C16H26N2O3. The molecule has 1 atom stereocenters. The van der Waals surface area contributed by atoms with E-state index in [2.05, 4.69) is 34.1 Å². The number of aliphatic hydroxyl groups is 1. The highest BCUT2D eigenvalue weighted by Crippen LogP contribution is 2.15. The third-order valence-corrected chi connectivity index (χ3v) is 3.70. The van der Waals surface area contributed by atoms with Crippen LogP contribution in [0.15, 0.2) is 30.3 Å². The molecule has 2 rings (SSSR count). The summed E-state index contributed by atoms with van der Waals surface area (Å²) in [5.74, 6) is 0. The first-order valence-corrected chi connectivity index (χ1v) is 7.56. The standard InChI is InChI=1S/C16H26N2O3/c1-20-11-12-21-14-16(19)13-17-7-9-18(10-8-17)15-5-3-2-4-6-15/h2-6,16,19H,7-14H2,1H3/t16-/m0/s1. The first-order valence-electron chi connectivity index (χ1n) is 7.56. The Morgan fingerprint density at radius 3 is 2.48 bits per heavy atom. The smallest absolute Gasteiger partial charge is 0.0900 e. The molecule has 0 bridgehead atoms. The maximum Gasteiger partial charge on any atom is 0.0900 e. The second kappa shape index (κ2) is 9.00. The van der Waals surface area contributed by atoms with Crippen LogP contribution in [-0.4, -0.2) is 75.8 Å². The zero-order valence-corrected chi connectivity index (χ0v) is 12.8. The molecule has 0 spiro atoms. The lowest BCUT2D eigenvalue weighted by molar-refractivity contribution is -0.00108. The number of β-amino-alcohol motifs (C(OH)–C–C–N with tert-alkyl or cyclic N) is 1. The number of anilines is 1. The molecule has 1 aromatic rings. The van der Waals surface area contributed by atoms with Gasteiger partial charge in [-0.3, -0.25) is 4.90 Å². The van der Waals surface area contributed by atoms with Crippen molar-refractivity contribution in [3.63, 3.8) is 0 Å². The fourth-order valence-corrected chi connectivity index (χ4v) is 2.54. The van der Waals surface area contributed by atoms with Crippen LogP contribution in [0.5, 0.6) is 0 Å². The number of piperazine rings is 1. The quantitative estimate of drug-likeness (QED) is 0.720. The predicted octanol–water partition coefficient (Wildman–Crippen LogP) is 0.833. The summed E-state index contributed by atoms with van der Waals surface area (Å²) < 4.78 is 10.3. The minimum Gasteiger partial charge on any atom is -0.389 e. The predicted molar refractivity (Wildman–Crippen MR) is 83.8 cm³/mol. The summed E-state index contributed by atoms with van der Waals surface area (Å²) in [4.78, 5) is 4.68. The SMILES string of the molecule is COCCOC[C@@H](O)CN1CCN(c2ccccc2)CC1. The van der Waals surface area contributed by atoms with E-state index >= 15 is 0 Å². The summed E-state index contributed by atoms with van der Waals surface area (Å²) in [5.41, 5.74) is 1.28. The van der Waals surface area contributed by atoms with E-state index in [-0.39, 0.29) is 0 Å². The number of ether oxygens (including phenoxy) is 2. The number of rotatable bonds is 8. The van der Waals surface area contributed by atoms with Gasteiger partial charge in [0.2, 0.25) is 0 Å². The number of hydrogen-bond donors (Lipinski definition) is 1. The Hall–Kier alpha value is -1.14. The Kier molecular flexibility index (Phi) is 6.95. The number of benzene rings is 1. The third-order valence-electron chi connectivity index (χ3n) is 3.70. The molecule has 1 heterocycles. The molecule has 0 aliphatic carbocycles. The normalized spacial score (nSPS) is 17.9. The maximum atomic E-state index is 9.96. The van der Waals surface area contributed by atoms with E-state index in [0.717, 1.165) is 26.2 Å². The summed E-state index contributed by atoms with van der Waals surface area (Å²) >= 11 is 0. The summed E-state index contributed by atoms with van der Waals surface area (Å²) in [7, 11) is 1.64. The van der Waals surface area contributed by atoms with E-state index in [1.165, 1.54) is 5.69 Å². The van der Waals surface area contributed by atoms with Crippen LogP contribution in [0, 0.1) is 0 Å². The summed E-state index contributed by atoms with van der Waals surface area (Å²) in [5, 5.41) is 9.96. The molecule has 118 valence electrons. The van der Waals surface area contributed by atoms with Crippen molar-refractivity contribution in [2.45, 2.75) is 6.10 Å². The van der Waals surface area contributed by atoms with Crippen molar-refractivity contribution in [2.75, 3.05) is 64.6 Å². The van der Waals surface area contributed by atoms with E-state index < -0.39 is 6.10 Å². The molecule has 5 heteroatoms. The van der Waals surface area contributed by atoms with Gasteiger partial charge in [-0.15, -0.1) is 0 Å². The van der Waals surface area contributed by atoms with E-state index in [1.54, 1.807) is 7.11 Å². The molecule has 0 radical (unpaired) electrons. The Balaban J connectivity index is 1.65. The van der Waals surface area contributed by atoms with Gasteiger partial charge in [0, 0.05) is 45.5 Å². The van der Waals surface area contributed by atoms with Gasteiger partial charge in [0.15, 0.2) is 0 Å². The van der Waals surface area contributed by atoms with Gasteiger partial charge in [-0.1, -0.05) is 18.2 Å². The molecule has 1 aliphatic heterocycles. The Morgan fingerprint density at radius 1 is 1.10 bits per heavy atom. The monoisotopic (exact) mass is 294 g/mol. The third kappa shape index (κ3) is 5.63. The highest BCUT2D eigenvalue weighted by Gasteiger charge is 2.19. The highest BCUT2D eigenvalue weighted by atomic mass is 16.5. The van der Waals surface area contributed by atoms with Crippen molar-refractivity contribution < 1.29 is 14.6 Å². The van der Waals surface area contributed by atoms with Crippen LogP contribution in [-0.2, 0) is 9.47 Å². The van der Waals surface area contributed by atoms with Gasteiger partial charge in [-0.2, -0.15) is 0 Å². The summed E-state index contributed by atoms with van der Waals surface area (Å²) in [6, 6.07) is 10.5. The molecule has 1 aromatic carbocycles. The van der Waals surface area contributed by atoms with Crippen molar-refractivity contribution in [3.05, 3.63) is 30.3 Å². The molecule has 0 saturated carbocycles. The Bertz CT molecular complexity index is 380. The van der Waals surface area contributed by atoms with E-state index in [1.807, 2.05) is 6.07 Å². The van der Waals surface area contributed by atoms with Gasteiger partial charge >= 0.3 is 0 Å². The Morgan fingerprint density at radius 2 is 1.81 bits per heavy atom. The van der Waals surface area contributed by atoms with Crippen LogP contribution >= 0.6 is 0 Å². The van der Waals surface area contributed by atoms with Crippen LogP contribution in [0.2, 0.25) is 0 Å². The summed E-state index contributed by atoms with van der Waals surface area (Å²) in [6.07, 6.45) is -0.426. The number of nitrogens with zero attached hydrogens (tertiary/aromatic N) is 2. The van der Waals surface area contributed by atoms with Gasteiger partial charge in [0.1, 0.15) is 0 Å². The first kappa shape index (κ1) is 16.2. The topological polar surface area (TPSA) is 45.2 Å². The van der Waals surface area contributed by atoms with Gasteiger partial charge in [0.25, 0.3) is 0 Å². The first-order chi connectivity index (χ1) is 10.3. The zero-order valence-electron chi connectivity index (χ0n) is 12.8. The Labute approximate surface area is 127 Å². The average Bonchev–Trinajstić information content (AvgIpc) is 2.53. The molecule has 1 saturated heterocycles. The van der Waals surface area contributed by atoms with Crippen molar-refractivity contribution >= 4 is 5.69 Å². The lowest BCUT2D eigenvalue weighted by Crippen LogP contribution is -2.49. The molecular weight excluding hydrogens is 268 g/mol. The molecule has 21 heavy (non-hydrogen) atoms. The highest BCUT2D eigenvalue weighted by molar-refractivity contribution is 5.46. The van der Waals surface area contributed by atoms with E-state index in [4.69, 9.17) is 9.47 Å². The van der Waals surface area contributed by atoms with E-state index in [0.29, 0.717) is 26.4 Å². The van der Waals surface area contributed by atoms with Crippen LogP contribution < -0.4 is 4.90 Å². The number of hydrogen-bond acceptors (Lipinski definition) is 5. The average molecular weight is 294 g/mol. The fraction of sp³-hybridized carbons (Fsp3) is 0.625. The second-order valence-corrected chi connectivity index (χ2v) is 5.34. The molecule has 0 aromatic heterocycles. The lowest BCUT2D eigenvalue weighted by atomic mass is 10.2. The second-order valence-electron chi connectivity index (χ2n) is 5.34. The van der Waals surface area contributed by atoms with Gasteiger partial charge in [-0.05, 0) is 12.1 Å². The molecule has 1 N–H and O–H groups in total. The van der Waals surface area contributed by atoms with Gasteiger partial charge < -0.3 is 19.5 Å². The van der Waals surface area contributed by atoms with E-state index in [9.17, 15) is 5.11 Å². The zero-order chi connectivity index (χ0) is 14.9. The molecule has 1 fully saturated rings. The lowest BCUT2D eigenvalue weighted by Gasteiger charge is -2.36. The van der Waals surface area contributed by atoms with Crippen LogP contribution in [0.1, 0.15) is 0 Å². The minimum absolute atomic E-state index is 0.377. The summed E-state index contributed by atoms with van der Waals surface area (Å²) in [6.45, 7) is 6.12. The number of methoxy groups -OCH3 is 1. The molecule has 1 aliphatic rings. The molecule has 0 unspecified atom stereocenters. The van der Waals surface area contributed by atoms with Crippen molar-refractivity contribution in [2.24, 2.45) is 0 Å². The van der Waals surface area contributed by atoms with Gasteiger partial charge in [0.05, 0.1) is 25.9 Å². The number of aliphatic hydroxyl groups excluding tert-OH is 1. The van der Waals surface area contributed by atoms with Gasteiger partial charge in [-0.25, -0.2) is 0 Å². The van der Waals surface area contributed by atoms with Crippen molar-refractivity contribution in [1.29, 1.82) is 0 Å². The maximum absolute atomic E-state index is 9.96. The van der Waals surface area contributed by atoms with Crippen molar-refractivity contribution in [3.8, 4) is 0 Å². The minimum atomic E-state index is -0.426. The number of para-hydroxylation sites is 1. The van der Waals surface area contributed by atoms with Crippen molar-refractivity contribution in [1.82, 2.24) is 4.90 Å². The molecule has 0 amide bonds. The van der Waals surface area contributed by atoms with Crippen LogP contribution in [0.3, 0.4) is 0 Å². The van der Waals surface area contributed by atoms with Crippen LogP contribution in [0.4, 0.5) is 5.69 Å². The molecule has 5 nitrogen and oxygen atoms in total. The van der Waals surface area contributed by atoms with Crippen LogP contribution in [0.25, 0.3) is 0 Å².